The predicted octanol–water partition coefficient (Wildman–Crippen LogP) is 4.89. The lowest BCUT2D eigenvalue weighted by molar-refractivity contribution is 0.628. The molecule has 1 N–H and O–H groups in total. The number of hydrogen-bond donors (Lipinski definition) is 1. The average Bonchev–Trinajstić information content (AvgIpc) is 2.81. The summed E-state index contributed by atoms with van der Waals surface area (Å²) in [6, 6.07) is 10.1. The van der Waals surface area contributed by atoms with Gasteiger partial charge in [-0.25, -0.2) is 9.37 Å². The number of nitrogens with one attached hydrogen (secondary N) is 1. The third-order valence-corrected chi connectivity index (χ3v) is 3.96. The molecule has 2 nitrogen and oxygen atoms in total. The molecule has 3 aromatic rings. The van der Waals surface area contributed by atoms with Gasteiger partial charge in [0.15, 0.2) is 0 Å². The van der Waals surface area contributed by atoms with Crippen molar-refractivity contribution in [2.24, 2.45) is 0 Å². The van der Waals surface area contributed by atoms with Gasteiger partial charge in [-0.1, -0.05) is 0 Å². The summed E-state index contributed by atoms with van der Waals surface area (Å²) in [6.45, 7) is 0. The third-order valence-electron chi connectivity index (χ3n) is 2.66. The van der Waals surface area contributed by atoms with Crippen LogP contribution in [0, 0.1) is 5.82 Å². The van der Waals surface area contributed by atoms with Gasteiger partial charge in [0.1, 0.15) is 17.2 Å². The first-order valence-electron chi connectivity index (χ1n) is 5.25. The Morgan fingerprint density at radius 1 is 0.944 bits per heavy atom. The summed E-state index contributed by atoms with van der Waals surface area (Å²) in [5, 5.41) is 0. The molecular formula is C13H7Br2FN2. The predicted molar refractivity (Wildman–Crippen MR) is 76.9 cm³/mol. The molecule has 18 heavy (non-hydrogen) atoms. The monoisotopic (exact) mass is 368 g/mol. The third kappa shape index (κ3) is 1.97. The van der Waals surface area contributed by atoms with Crippen molar-refractivity contribution in [2.45, 2.75) is 0 Å². The van der Waals surface area contributed by atoms with Crippen molar-refractivity contribution in [1.82, 2.24) is 9.97 Å². The molecule has 0 amide bonds. The summed E-state index contributed by atoms with van der Waals surface area (Å²) in [5.74, 6) is 0.467. The highest BCUT2D eigenvalue weighted by Crippen LogP contribution is 2.31. The molecule has 1 aromatic heterocycles. The number of aromatic nitrogens is 2. The molecule has 0 spiro atoms. The fourth-order valence-corrected chi connectivity index (χ4v) is 2.61. The van der Waals surface area contributed by atoms with Crippen molar-refractivity contribution in [3.63, 3.8) is 0 Å². The van der Waals surface area contributed by atoms with Crippen molar-refractivity contribution in [1.29, 1.82) is 0 Å². The highest BCUT2D eigenvalue weighted by molar-refractivity contribution is 9.11. The van der Waals surface area contributed by atoms with Crippen LogP contribution in [-0.2, 0) is 0 Å². The maximum absolute atomic E-state index is 12.9. The minimum atomic E-state index is -0.253. The number of benzene rings is 2. The van der Waals surface area contributed by atoms with Crippen LogP contribution in [-0.4, -0.2) is 9.97 Å². The SMILES string of the molecule is Fc1ccc(-c2nc3c(Br)ccc(Br)c3[nH]2)cc1. The smallest absolute Gasteiger partial charge is 0.138 e. The van der Waals surface area contributed by atoms with Gasteiger partial charge in [0.05, 0.1) is 5.52 Å². The minimum Gasteiger partial charge on any atom is -0.337 e. The summed E-state index contributed by atoms with van der Waals surface area (Å²) >= 11 is 6.94. The second-order valence-corrected chi connectivity index (χ2v) is 5.55. The normalized spacial score (nSPS) is 11.1. The van der Waals surface area contributed by atoms with Gasteiger partial charge >= 0.3 is 0 Å². The summed E-state index contributed by atoms with van der Waals surface area (Å²) in [5.41, 5.74) is 2.62. The van der Waals surface area contributed by atoms with E-state index >= 15 is 0 Å². The van der Waals surface area contributed by atoms with E-state index < -0.39 is 0 Å². The second-order valence-electron chi connectivity index (χ2n) is 3.85. The molecule has 90 valence electrons. The largest absolute Gasteiger partial charge is 0.337 e. The lowest BCUT2D eigenvalue weighted by atomic mass is 10.2. The maximum Gasteiger partial charge on any atom is 0.138 e. The number of hydrogen-bond acceptors (Lipinski definition) is 1. The van der Waals surface area contributed by atoms with Gasteiger partial charge in [0.2, 0.25) is 0 Å². The second kappa shape index (κ2) is 4.48. The van der Waals surface area contributed by atoms with Gasteiger partial charge in [-0.3, -0.25) is 0 Å². The zero-order valence-corrected chi connectivity index (χ0v) is 12.2. The van der Waals surface area contributed by atoms with E-state index in [9.17, 15) is 4.39 Å². The minimum absolute atomic E-state index is 0.253. The molecule has 0 aliphatic carbocycles. The molecule has 0 fully saturated rings. The van der Waals surface area contributed by atoms with Gasteiger partial charge in [0, 0.05) is 14.5 Å². The van der Waals surface area contributed by atoms with Gasteiger partial charge in [-0.05, 0) is 68.3 Å². The van der Waals surface area contributed by atoms with E-state index in [1.807, 2.05) is 12.1 Å². The number of fused-ring (bicyclic) bond motifs is 1. The average molecular weight is 370 g/mol. The summed E-state index contributed by atoms with van der Waals surface area (Å²) < 4.78 is 14.8. The number of halogens is 3. The molecule has 0 aliphatic rings. The van der Waals surface area contributed by atoms with Gasteiger partial charge in [-0.2, -0.15) is 0 Å². The van der Waals surface area contributed by atoms with E-state index in [0.717, 1.165) is 31.4 Å². The van der Waals surface area contributed by atoms with Crippen molar-refractivity contribution >= 4 is 42.9 Å². The Hall–Kier alpha value is -1.20. The number of rotatable bonds is 1. The van der Waals surface area contributed by atoms with Crippen LogP contribution in [0.5, 0.6) is 0 Å². The van der Waals surface area contributed by atoms with Gasteiger partial charge < -0.3 is 4.98 Å². The first kappa shape index (κ1) is 11.9. The molecule has 0 saturated carbocycles. The molecule has 2 aromatic carbocycles. The van der Waals surface area contributed by atoms with Crippen LogP contribution in [0.25, 0.3) is 22.4 Å². The number of nitrogens with zero attached hydrogens (tertiary/aromatic N) is 1. The number of H-pyrrole nitrogens is 1. The van der Waals surface area contributed by atoms with E-state index in [1.54, 1.807) is 12.1 Å². The fraction of sp³-hybridized carbons (Fsp3) is 0. The summed E-state index contributed by atoms with van der Waals surface area (Å²) in [6.07, 6.45) is 0. The van der Waals surface area contributed by atoms with Gasteiger partial charge in [-0.15, -0.1) is 0 Å². The van der Waals surface area contributed by atoms with E-state index in [4.69, 9.17) is 0 Å². The fourth-order valence-electron chi connectivity index (χ4n) is 1.77. The van der Waals surface area contributed by atoms with E-state index in [2.05, 4.69) is 41.8 Å². The quantitative estimate of drug-likeness (QED) is 0.649. The first-order valence-corrected chi connectivity index (χ1v) is 6.83. The lowest BCUT2D eigenvalue weighted by Crippen LogP contribution is -1.80. The first-order chi connectivity index (χ1) is 8.65. The van der Waals surface area contributed by atoms with E-state index in [1.165, 1.54) is 12.1 Å². The van der Waals surface area contributed by atoms with Crippen LogP contribution in [0.15, 0.2) is 45.3 Å². The molecule has 0 bridgehead atoms. The zero-order valence-electron chi connectivity index (χ0n) is 9.05. The molecule has 1 heterocycles. The Balaban J connectivity index is 2.22. The molecule has 0 radical (unpaired) electrons. The highest BCUT2D eigenvalue weighted by Gasteiger charge is 2.10. The Labute approximate surface area is 119 Å². The van der Waals surface area contributed by atoms with Crippen LogP contribution in [0.2, 0.25) is 0 Å². The summed E-state index contributed by atoms with van der Waals surface area (Å²) in [7, 11) is 0. The van der Waals surface area contributed by atoms with Crippen molar-refractivity contribution < 1.29 is 4.39 Å². The van der Waals surface area contributed by atoms with Crippen LogP contribution >= 0.6 is 31.9 Å². The van der Waals surface area contributed by atoms with Crippen LogP contribution in [0.1, 0.15) is 0 Å². The van der Waals surface area contributed by atoms with Gasteiger partial charge in [0.25, 0.3) is 0 Å². The molecule has 0 atom stereocenters. The van der Waals surface area contributed by atoms with Crippen LogP contribution in [0.3, 0.4) is 0 Å². The number of imidazole rings is 1. The standard InChI is InChI=1S/C13H7Br2FN2/c14-9-5-6-10(15)12-11(9)17-13(18-12)7-1-3-8(16)4-2-7/h1-6H,(H,17,18). The Morgan fingerprint density at radius 2 is 1.61 bits per heavy atom. The number of aromatic amines is 1. The Morgan fingerprint density at radius 3 is 2.28 bits per heavy atom. The molecule has 5 heteroatoms. The van der Waals surface area contributed by atoms with Crippen LogP contribution in [0.4, 0.5) is 4.39 Å². The highest BCUT2D eigenvalue weighted by atomic mass is 79.9. The van der Waals surface area contributed by atoms with Crippen molar-refractivity contribution in [2.75, 3.05) is 0 Å². The molecule has 0 saturated heterocycles. The van der Waals surface area contributed by atoms with Crippen LogP contribution < -0.4 is 0 Å². The lowest BCUT2D eigenvalue weighted by Gasteiger charge is -1.95. The summed E-state index contributed by atoms with van der Waals surface area (Å²) in [4.78, 5) is 7.75. The molecule has 0 unspecified atom stereocenters. The van der Waals surface area contributed by atoms with E-state index in [-0.39, 0.29) is 5.82 Å². The molecule has 3 rings (SSSR count). The van der Waals surface area contributed by atoms with Crippen molar-refractivity contribution in [3.8, 4) is 11.4 Å². The Bertz CT molecular complexity index is 681. The van der Waals surface area contributed by atoms with E-state index in [0.29, 0.717) is 0 Å². The molecular weight excluding hydrogens is 363 g/mol. The molecule has 0 aliphatic heterocycles. The Kier molecular flexibility index (Phi) is 2.95. The zero-order chi connectivity index (χ0) is 12.7. The topological polar surface area (TPSA) is 28.7 Å². The maximum atomic E-state index is 12.9. The van der Waals surface area contributed by atoms with Crippen molar-refractivity contribution in [3.05, 3.63) is 51.2 Å².